The van der Waals surface area contributed by atoms with Gasteiger partial charge in [0, 0.05) is 8.95 Å². The highest BCUT2D eigenvalue weighted by Crippen LogP contribution is 2.24. The maximum atomic E-state index is 3.45. The van der Waals surface area contributed by atoms with Crippen molar-refractivity contribution in [3.63, 3.8) is 0 Å². The van der Waals surface area contributed by atoms with Crippen molar-refractivity contribution < 1.29 is 0 Å². The van der Waals surface area contributed by atoms with E-state index < -0.39 is 0 Å². The Kier molecular flexibility index (Phi) is 3.14. The third-order valence-corrected chi connectivity index (χ3v) is 2.47. The van der Waals surface area contributed by atoms with E-state index in [4.69, 9.17) is 0 Å². The van der Waals surface area contributed by atoms with Crippen molar-refractivity contribution in [3.05, 3.63) is 32.7 Å². The Hall–Kier alpha value is 0.180. The fourth-order valence-corrected chi connectivity index (χ4v) is 2.24. The van der Waals surface area contributed by atoms with Gasteiger partial charge >= 0.3 is 0 Å². The Morgan fingerprint density at radius 3 is 1.82 bits per heavy atom. The summed E-state index contributed by atoms with van der Waals surface area (Å²) in [6, 6.07) is 6.34. The van der Waals surface area contributed by atoms with Crippen LogP contribution in [0.4, 0.5) is 0 Å². The van der Waals surface area contributed by atoms with Gasteiger partial charge in [-0.3, -0.25) is 0 Å². The molecule has 1 rings (SSSR count). The predicted octanol–water partition coefficient (Wildman–Crippen LogP) is 4.34. The molecule has 2 heteroatoms. The fraction of sp³-hybridized carbons (Fsp3) is 0.333. The lowest BCUT2D eigenvalue weighted by molar-refractivity contribution is 0.864. The van der Waals surface area contributed by atoms with Gasteiger partial charge in [0.05, 0.1) is 0 Å². The zero-order valence-electron chi connectivity index (χ0n) is 6.57. The van der Waals surface area contributed by atoms with E-state index in [-0.39, 0.29) is 0 Å². The van der Waals surface area contributed by atoms with Crippen LogP contribution in [0.15, 0.2) is 27.1 Å². The molecule has 0 saturated carbocycles. The topological polar surface area (TPSA) is 0 Å². The van der Waals surface area contributed by atoms with Crippen LogP contribution in [0.1, 0.15) is 25.3 Å². The number of hydrogen-bond acceptors (Lipinski definition) is 0. The summed E-state index contributed by atoms with van der Waals surface area (Å²) in [6.07, 6.45) is 0. The molecule has 0 aliphatic carbocycles. The molecule has 0 aromatic heterocycles. The van der Waals surface area contributed by atoms with Crippen molar-refractivity contribution >= 4 is 31.9 Å². The van der Waals surface area contributed by atoms with Crippen LogP contribution in [-0.2, 0) is 0 Å². The predicted molar refractivity (Wildman–Crippen MR) is 55.9 cm³/mol. The van der Waals surface area contributed by atoms with Crippen LogP contribution in [0, 0.1) is 0 Å². The molecule has 0 amide bonds. The van der Waals surface area contributed by atoms with Crippen LogP contribution in [0.2, 0.25) is 0 Å². The van der Waals surface area contributed by atoms with Crippen LogP contribution < -0.4 is 0 Å². The quantitative estimate of drug-likeness (QED) is 0.717. The van der Waals surface area contributed by atoms with E-state index in [1.807, 2.05) is 6.07 Å². The number of halogens is 2. The van der Waals surface area contributed by atoms with E-state index in [2.05, 4.69) is 57.8 Å². The van der Waals surface area contributed by atoms with Crippen LogP contribution in [0.3, 0.4) is 0 Å². The second-order valence-electron chi connectivity index (χ2n) is 2.86. The fourth-order valence-electron chi connectivity index (χ4n) is 0.908. The van der Waals surface area contributed by atoms with Gasteiger partial charge in [-0.15, -0.1) is 0 Å². The van der Waals surface area contributed by atoms with E-state index >= 15 is 0 Å². The van der Waals surface area contributed by atoms with E-state index in [9.17, 15) is 0 Å². The van der Waals surface area contributed by atoms with Crippen LogP contribution in [0.25, 0.3) is 0 Å². The minimum atomic E-state index is 0.587. The minimum absolute atomic E-state index is 0.587. The first-order chi connectivity index (χ1) is 5.09. The summed E-state index contributed by atoms with van der Waals surface area (Å²) in [5.74, 6) is 0.587. The van der Waals surface area contributed by atoms with E-state index in [1.54, 1.807) is 0 Å². The number of benzene rings is 1. The Bertz CT molecular complexity index is 233. The summed E-state index contributed by atoms with van der Waals surface area (Å²) in [6.45, 7) is 4.38. The molecule has 1 aromatic carbocycles. The van der Waals surface area contributed by atoms with E-state index in [0.717, 1.165) is 8.95 Å². The van der Waals surface area contributed by atoms with Crippen molar-refractivity contribution in [2.24, 2.45) is 0 Å². The molecule has 0 atom stereocenters. The molecule has 0 aliphatic rings. The Balaban J connectivity index is 3.08. The smallest absolute Gasteiger partial charge is 0.0189 e. The molecular formula is C9H10Br2. The maximum absolute atomic E-state index is 3.45. The van der Waals surface area contributed by atoms with Crippen LogP contribution in [0.5, 0.6) is 0 Å². The van der Waals surface area contributed by atoms with Crippen molar-refractivity contribution in [3.8, 4) is 0 Å². The molecule has 0 radical (unpaired) electrons. The van der Waals surface area contributed by atoms with Gasteiger partial charge in [0.2, 0.25) is 0 Å². The Morgan fingerprint density at radius 1 is 1.00 bits per heavy atom. The SMILES string of the molecule is CC(C)c1cc(Br)cc(Br)c1. The molecule has 0 fully saturated rings. The standard InChI is InChI=1S/C9H10Br2/c1-6(2)7-3-8(10)5-9(11)4-7/h3-6H,1-2H3. The minimum Gasteiger partial charge on any atom is -0.0587 e. The number of rotatable bonds is 1. The highest BCUT2D eigenvalue weighted by Gasteiger charge is 2.00. The monoisotopic (exact) mass is 276 g/mol. The summed E-state index contributed by atoms with van der Waals surface area (Å²) in [7, 11) is 0. The van der Waals surface area contributed by atoms with Crippen molar-refractivity contribution in [2.45, 2.75) is 19.8 Å². The normalized spacial score (nSPS) is 10.6. The van der Waals surface area contributed by atoms with Gasteiger partial charge in [0.25, 0.3) is 0 Å². The molecule has 0 heterocycles. The summed E-state index contributed by atoms with van der Waals surface area (Å²) in [5.41, 5.74) is 1.35. The van der Waals surface area contributed by atoms with Crippen molar-refractivity contribution in [1.29, 1.82) is 0 Å². The zero-order valence-corrected chi connectivity index (χ0v) is 9.74. The van der Waals surface area contributed by atoms with E-state index in [0.29, 0.717) is 5.92 Å². The number of hydrogen-bond donors (Lipinski definition) is 0. The average molecular weight is 278 g/mol. The lowest BCUT2D eigenvalue weighted by Crippen LogP contribution is -1.86. The third kappa shape index (κ3) is 2.60. The van der Waals surface area contributed by atoms with Crippen LogP contribution >= 0.6 is 31.9 Å². The van der Waals surface area contributed by atoms with Gasteiger partial charge in [0.15, 0.2) is 0 Å². The van der Waals surface area contributed by atoms with Gasteiger partial charge in [-0.2, -0.15) is 0 Å². The summed E-state index contributed by atoms with van der Waals surface area (Å²) in [5, 5.41) is 0. The van der Waals surface area contributed by atoms with Gasteiger partial charge in [-0.25, -0.2) is 0 Å². The molecule has 0 bridgehead atoms. The Labute approximate surface area is 84.3 Å². The lowest BCUT2D eigenvalue weighted by Gasteiger charge is -2.05. The molecule has 60 valence electrons. The second kappa shape index (κ2) is 3.72. The Morgan fingerprint density at radius 2 is 1.45 bits per heavy atom. The third-order valence-electron chi connectivity index (χ3n) is 1.55. The molecule has 1 aromatic rings. The lowest BCUT2D eigenvalue weighted by atomic mass is 10.0. The van der Waals surface area contributed by atoms with Gasteiger partial charge in [0.1, 0.15) is 0 Å². The molecule has 0 aliphatic heterocycles. The molecule has 0 N–H and O–H groups in total. The highest BCUT2D eigenvalue weighted by atomic mass is 79.9. The zero-order chi connectivity index (χ0) is 8.43. The second-order valence-corrected chi connectivity index (χ2v) is 4.69. The molecule has 0 saturated heterocycles. The first-order valence-electron chi connectivity index (χ1n) is 3.55. The van der Waals surface area contributed by atoms with Crippen LogP contribution in [-0.4, -0.2) is 0 Å². The highest BCUT2D eigenvalue weighted by molar-refractivity contribution is 9.11. The first kappa shape index (κ1) is 9.27. The largest absolute Gasteiger partial charge is 0.0587 e. The van der Waals surface area contributed by atoms with E-state index in [1.165, 1.54) is 5.56 Å². The summed E-state index contributed by atoms with van der Waals surface area (Å²) in [4.78, 5) is 0. The molecular weight excluding hydrogens is 268 g/mol. The maximum Gasteiger partial charge on any atom is 0.0189 e. The van der Waals surface area contributed by atoms with Gasteiger partial charge in [-0.05, 0) is 29.7 Å². The molecule has 0 unspecified atom stereocenters. The van der Waals surface area contributed by atoms with Crippen molar-refractivity contribution in [1.82, 2.24) is 0 Å². The summed E-state index contributed by atoms with van der Waals surface area (Å²) >= 11 is 6.90. The molecule has 11 heavy (non-hydrogen) atoms. The molecule has 0 spiro atoms. The first-order valence-corrected chi connectivity index (χ1v) is 5.14. The average Bonchev–Trinajstić information content (AvgIpc) is 1.85. The molecule has 0 nitrogen and oxygen atoms in total. The summed E-state index contributed by atoms with van der Waals surface area (Å²) < 4.78 is 2.27. The van der Waals surface area contributed by atoms with Gasteiger partial charge in [-0.1, -0.05) is 45.7 Å². The van der Waals surface area contributed by atoms with Crippen molar-refractivity contribution in [2.75, 3.05) is 0 Å². The van der Waals surface area contributed by atoms with Gasteiger partial charge < -0.3 is 0 Å².